The Morgan fingerprint density at radius 1 is 1.40 bits per heavy atom. The maximum atomic E-state index is 11.2. The first-order valence-corrected chi connectivity index (χ1v) is 5.12. The number of hydrogen-bond donors (Lipinski definition) is 2. The standard InChI is InChI=1S/C10H14N2O3/c13-9(11-10(14)15)5-8-6-12-3-1-7(8)2-4-12/h5,7H,1-4,6H2,(H,11,13)(H,14,15)/b8-5+. The molecule has 2 N–H and O–H groups in total. The number of rotatable bonds is 1. The Labute approximate surface area is 87.7 Å². The van der Waals surface area contributed by atoms with Crippen LogP contribution >= 0.6 is 0 Å². The molecule has 5 heteroatoms. The number of carbonyl (C=O) groups is 2. The fourth-order valence-corrected chi connectivity index (χ4v) is 2.32. The van der Waals surface area contributed by atoms with E-state index in [0.29, 0.717) is 5.92 Å². The maximum Gasteiger partial charge on any atom is 0.411 e. The van der Waals surface area contributed by atoms with Gasteiger partial charge in [0.15, 0.2) is 0 Å². The number of amides is 2. The van der Waals surface area contributed by atoms with E-state index in [2.05, 4.69) is 4.90 Å². The van der Waals surface area contributed by atoms with Gasteiger partial charge in [-0.3, -0.25) is 15.0 Å². The number of imide groups is 1. The molecule has 0 radical (unpaired) electrons. The van der Waals surface area contributed by atoms with E-state index in [-0.39, 0.29) is 0 Å². The molecule has 0 saturated carbocycles. The molecule has 0 aliphatic carbocycles. The van der Waals surface area contributed by atoms with Crippen LogP contribution in [0.1, 0.15) is 12.8 Å². The average Bonchev–Trinajstić information content (AvgIpc) is 2.17. The summed E-state index contributed by atoms with van der Waals surface area (Å²) in [5, 5.41) is 10.2. The molecule has 0 atom stereocenters. The lowest BCUT2D eigenvalue weighted by Gasteiger charge is -2.40. The highest BCUT2D eigenvalue weighted by Crippen LogP contribution is 2.31. The quantitative estimate of drug-likeness (QED) is 0.616. The van der Waals surface area contributed by atoms with Gasteiger partial charge < -0.3 is 5.11 Å². The lowest BCUT2D eigenvalue weighted by Crippen LogP contribution is -2.43. The normalized spacial score (nSPS) is 31.6. The molecular weight excluding hydrogens is 196 g/mol. The predicted molar refractivity (Wildman–Crippen MR) is 53.4 cm³/mol. The summed E-state index contributed by atoms with van der Waals surface area (Å²) in [6.07, 6.45) is 2.33. The van der Waals surface area contributed by atoms with Crippen LogP contribution in [0.3, 0.4) is 0 Å². The maximum absolute atomic E-state index is 11.2. The van der Waals surface area contributed by atoms with Crippen molar-refractivity contribution in [3.63, 3.8) is 0 Å². The number of nitrogens with zero attached hydrogens (tertiary/aromatic N) is 1. The third kappa shape index (κ3) is 2.36. The van der Waals surface area contributed by atoms with Crippen molar-refractivity contribution in [2.24, 2.45) is 5.92 Å². The number of piperidine rings is 3. The topological polar surface area (TPSA) is 69.6 Å². The van der Waals surface area contributed by atoms with E-state index in [4.69, 9.17) is 5.11 Å². The van der Waals surface area contributed by atoms with Crippen molar-refractivity contribution in [1.29, 1.82) is 0 Å². The Morgan fingerprint density at radius 2 is 2.07 bits per heavy atom. The van der Waals surface area contributed by atoms with Crippen LogP contribution in [-0.4, -0.2) is 41.6 Å². The van der Waals surface area contributed by atoms with Crippen molar-refractivity contribution in [3.8, 4) is 0 Å². The molecule has 3 rings (SSSR count). The average molecular weight is 210 g/mol. The second-order valence-corrected chi connectivity index (χ2v) is 4.06. The van der Waals surface area contributed by atoms with Gasteiger partial charge in [0.2, 0.25) is 0 Å². The van der Waals surface area contributed by atoms with Gasteiger partial charge in [0.05, 0.1) is 0 Å². The monoisotopic (exact) mass is 210 g/mol. The van der Waals surface area contributed by atoms with Gasteiger partial charge in [0.1, 0.15) is 0 Å². The molecule has 2 amide bonds. The lowest BCUT2D eigenvalue weighted by molar-refractivity contribution is -0.115. The molecule has 5 nitrogen and oxygen atoms in total. The number of fused-ring (bicyclic) bond motifs is 3. The molecule has 3 heterocycles. The first kappa shape index (κ1) is 10.2. The number of carboxylic acid groups (broad SMARTS) is 1. The number of hydrogen-bond acceptors (Lipinski definition) is 3. The molecule has 3 saturated heterocycles. The van der Waals surface area contributed by atoms with E-state index in [9.17, 15) is 9.59 Å². The summed E-state index contributed by atoms with van der Waals surface area (Å²) < 4.78 is 0. The Morgan fingerprint density at radius 3 is 2.53 bits per heavy atom. The smallest absolute Gasteiger partial charge is 0.411 e. The van der Waals surface area contributed by atoms with Crippen molar-refractivity contribution < 1.29 is 14.7 Å². The first-order chi connectivity index (χ1) is 7.15. The Hall–Kier alpha value is -1.36. The summed E-state index contributed by atoms with van der Waals surface area (Å²) in [5.41, 5.74) is 1.08. The third-order valence-electron chi connectivity index (χ3n) is 3.06. The van der Waals surface area contributed by atoms with Crippen LogP contribution in [0.2, 0.25) is 0 Å². The first-order valence-electron chi connectivity index (χ1n) is 5.12. The second kappa shape index (κ2) is 4.02. The van der Waals surface area contributed by atoms with Gasteiger partial charge >= 0.3 is 6.09 Å². The summed E-state index contributed by atoms with van der Waals surface area (Å²) in [5.74, 6) is -0.0409. The summed E-state index contributed by atoms with van der Waals surface area (Å²) in [7, 11) is 0. The number of nitrogens with one attached hydrogen (secondary N) is 1. The minimum atomic E-state index is -1.29. The minimum absolute atomic E-state index is 0.481. The zero-order valence-electron chi connectivity index (χ0n) is 8.40. The van der Waals surface area contributed by atoms with E-state index >= 15 is 0 Å². The van der Waals surface area contributed by atoms with Crippen LogP contribution in [-0.2, 0) is 4.79 Å². The molecule has 3 fully saturated rings. The van der Waals surface area contributed by atoms with Crippen LogP contribution in [0, 0.1) is 5.92 Å². The van der Waals surface area contributed by atoms with Crippen molar-refractivity contribution >= 4 is 12.0 Å². The van der Waals surface area contributed by atoms with E-state index in [1.807, 2.05) is 5.32 Å². The molecule has 0 aromatic rings. The van der Waals surface area contributed by atoms with E-state index < -0.39 is 12.0 Å². The van der Waals surface area contributed by atoms with Gasteiger partial charge in [-0.25, -0.2) is 4.79 Å². The Bertz CT molecular complexity index is 317. The Balaban J connectivity index is 2.01. The van der Waals surface area contributed by atoms with Crippen LogP contribution in [0.4, 0.5) is 4.79 Å². The molecule has 3 aliphatic heterocycles. The highest BCUT2D eigenvalue weighted by Gasteiger charge is 2.29. The lowest BCUT2D eigenvalue weighted by atomic mass is 9.83. The predicted octanol–water partition coefficient (Wildman–Crippen LogP) is 0.433. The zero-order valence-corrected chi connectivity index (χ0v) is 8.40. The van der Waals surface area contributed by atoms with Crippen molar-refractivity contribution in [2.75, 3.05) is 19.6 Å². The molecular formula is C10H14N2O3. The summed E-state index contributed by atoms with van der Waals surface area (Å²) in [6.45, 7) is 3.02. The van der Waals surface area contributed by atoms with Gasteiger partial charge in [0, 0.05) is 12.6 Å². The molecule has 15 heavy (non-hydrogen) atoms. The molecule has 0 unspecified atom stereocenters. The fraction of sp³-hybridized carbons (Fsp3) is 0.600. The zero-order chi connectivity index (χ0) is 10.8. The summed E-state index contributed by atoms with van der Waals surface area (Å²) >= 11 is 0. The number of carbonyl (C=O) groups excluding carboxylic acids is 1. The Kier molecular flexibility index (Phi) is 2.73. The molecule has 3 aliphatic rings. The van der Waals surface area contributed by atoms with Gasteiger partial charge in [0.25, 0.3) is 5.91 Å². The van der Waals surface area contributed by atoms with Crippen molar-refractivity contribution in [1.82, 2.24) is 10.2 Å². The largest absolute Gasteiger partial charge is 0.465 e. The molecule has 0 spiro atoms. The second-order valence-electron chi connectivity index (χ2n) is 4.06. The van der Waals surface area contributed by atoms with Crippen LogP contribution in [0.5, 0.6) is 0 Å². The van der Waals surface area contributed by atoms with Crippen molar-refractivity contribution in [3.05, 3.63) is 11.6 Å². The third-order valence-corrected chi connectivity index (χ3v) is 3.06. The van der Waals surface area contributed by atoms with Crippen LogP contribution in [0.25, 0.3) is 0 Å². The van der Waals surface area contributed by atoms with Crippen LogP contribution < -0.4 is 5.32 Å². The van der Waals surface area contributed by atoms with Gasteiger partial charge in [-0.15, -0.1) is 0 Å². The van der Waals surface area contributed by atoms with Gasteiger partial charge in [-0.1, -0.05) is 0 Å². The molecule has 0 aromatic carbocycles. The SMILES string of the molecule is O=C(O)NC(=O)/C=C1\CN2CCC1CC2. The van der Waals surface area contributed by atoms with Gasteiger partial charge in [-0.05, 0) is 37.4 Å². The van der Waals surface area contributed by atoms with E-state index in [1.165, 1.54) is 6.08 Å². The highest BCUT2D eigenvalue weighted by atomic mass is 16.4. The van der Waals surface area contributed by atoms with E-state index in [0.717, 1.165) is 38.0 Å². The minimum Gasteiger partial charge on any atom is -0.465 e. The summed E-state index contributed by atoms with van der Waals surface area (Å²) in [6, 6.07) is 0. The van der Waals surface area contributed by atoms with Crippen LogP contribution in [0.15, 0.2) is 11.6 Å². The highest BCUT2D eigenvalue weighted by molar-refractivity contribution is 5.98. The molecule has 0 aromatic heterocycles. The van der Waals surface area contributed by atoms with Gasteiger partial charge in [-0.2, -0.15) is 0 Å². The fourth-order valence-electron chi connectivity index (χ4n) is 2.32. The van der Waals surface area contributed by atoms with Crippen molar-refractivity contribution in [2.45, 2.75) is 12.8 Å². The molecule has 2 bridgehead atoms. The summed E-state index contributed by atoms with van der Waals surface area (Å²) in [4.78, 5) is 23.7. The molecule has 82 valence electrons. The van der Waals surface area contributed by atoms with E-state index in [1.54, 1.807) is 0 Å².